The maximum Gasteiger partial charge on any atom is 0.252 e. The Morgan fingerprint density at radius 3 is 1.18 bits per heavy atom. The summed E-state index contributed by atoms with van der Waals surface area (Å²) in [5.41, 5.74) is 27.9. The fraction of sp³-hybridized carbons (Fsp3) is 0.417. The quantitative estimate of drug-likeness (QED) is 0.159. The van der Waals surface area contributed by atoms with Gasteiger partial charge in [0.05, 0.1) is 5.69 Å². The second kappa shape index (κ2) is 16.5. The Morgan fingerprint density at radius 1 is 0.342 bits per heavy atom. The predicted molar refractivity (Wildman–Crippen MR) is 327 cm³/mol. The number of anilines is 9. The molecule has 7 aromatic carbocycles. The largest absolute Gasteiger partial charge is 0.311 e. The van der Waals surface area contributed by atoms with Crippen LogP contribution in [0.25, 0.3) is 0 Å². The van der Waals surface area contributed by atoms with Gasteiger partial charge in [0.2, 0.25) is 0 Å². The Balaban J connectivity index is 1.20. The first-order chi connectivity index (χ1) is 35.9. The second-order valence-electron chi connectivity index (χ2n) is 29.0. The van der Waals surface area contributed by atoms with Crippen molar-refractivity contribution in [1.29, 1.82) is 0 Å². The van der Waals surface area contributed by atoms with Gasteiger partial charge in [-0.1, -0.05) is 158 Å². The molecule has 0 saturated heterocycles. The Labute approximate surface area is 457 Å². The molecule has 388 valence electrons. The minimum Gasteiger partial charge on any atom is -0.311 e. The fourth-order valence-electron chi connectivity index (χ4n) is 15.5. The van der Waals surface area contributed by atoms with Crippen molar-refractivity contribution >= 4 is 74.3 Å². The smallest absolute Gasteiger partial charge is 0.252 e. The van der Waals surface area contributed by atoms with E-state index in [1.165, 1.54) is 146 Å². The molecule has 0 spiro atoms. The summed E-state index contributed by atoms with van der Waals surface area (Å²) in [7, 11) is 0. The van der Waals surface area contributed by atoms with Gasteiger partial charge in [-0.2, -0.15) is 0 Å². The van der Waals surface area contributed by atoms with E-state index in [0.717, 1.165) is 23.5 Å². The third-order valence-electron chi connectivity index (χ3n) is 20.7. The molecule has 13 rings (SSSR count). The molecule has 76 heavy (non-hydrogen) atoms. The molecule has 4 heteroatoms. The molecule has 2 heterocycles. The van der Waals surface area contributed by atoms with E-state index in [0.29, 0.717) is 0 Å². The van der Waals surface area contributed by atoms with E-state index in [1.54, 1.807) is 0 Å². The molecule has 4 aliphatic carbocycles. The SMILES string of the molecule is CC1(C)CCCc2cc3c(cc21)N(c1ccc2c(c1)C(C)(C)CCC2(C)C)c1cc(N(c2ccccc2)c2ccccc2)cc2c1B3c1cc3c(cc1N2c1ccc2c(c1)C(C)(C)CCC2(C)C)C(C)(C)CCC3(C)C. The number of fused-ring (bicyclic) bond motifs is 8. The highest BCUT2D eigenvalue weighted by molar-refractivity contribution is 7.00. The van der Waals surface area contributed by atoms with Crippen molar-refractivity contribution in [2.24, 2.45) is 0 Å². The first-order valence-electron chi connectivity index (χ1n) is 29.2. The zero-order valence-corrected chi connectivity index (χ0v) is 48.5. The van der Waals surface area contributed by atoms with Crippen LogP contribution in [0.5, 0.6) is 0 Å². The summed E-state index contributed by atoms with van der Waals surface area (Å²) in [4.78, 5) is 8.01. The average Bonchev–Trinajstić information content (AvgIpc) is 3.49. The van der Waals surface area contributed by atoms with Crippen LogP contribution in [0.3, 0.4) is 0 Å². The Bertz CT molecular complexity index is 3460. The lowest BCUT2D eigenvalue weighted by atomic mass is 9.32. The van der Waals surface area contributed by atoms with Gasteiger partial charge in [0.15, 0.2) is 0 Å². The van der Waals surface area contributed by atoms with Gasteiger partial charge in [0.1, 0.15) is 0 Å². The molecule has 0 atom stereocenters. The van der Waals surface area contributed by atoms with Crippen molar-refractivity contribution in [3.63, 3.8) is 0 Å². The van der Waals surface area contributed by atoms with Crippen LogP contribution >= 0.6 is 0 Å². The molecule has 0 aromatic heterocycles. The molecule has 0 unspecified atom stereocenters. The van der Waals surface area contributed by atoms with E-state index in [4.69, 9.17) is 0 Å². The van der Waals surface area contributed by atoms with E-state index in [-0.39, 0.29) is 44.6 Å². The molecule has 0 fully saturated rings. The van der Waals surface area contributed by atoms with Crippen LogP contribution in [0.4, 0.5) is 51.2 Å². The van der Waals surface area contributed by atoms with Crippen molar-refractivity contribution in [1.82, 2.24) is 0 Å². The molecular formula is C72H82BN3. The maximum absolute atomic E-state index is 2.75. The number of hydrogen-bond acceptors (Lipinski definition) is 3. The van der Waals surface area contributed by atoms with Gasteiger partial charge in [-0.3, -0.25) is 0 Å². The number of hydrogen-bond donors (Lipinski definition) is 0. The van der Waals surface area contributed by atoms with E-state index >= 15 is 0 Å². The number of rotatable bonds is 5. The van der Waals surface area contributed by atoms with Gasteiger partial charge >= 0.3 is 0 Å². The van der Waals surface area contributed by atoms with E-state index in [1.807, 2.05) is 0 Å². The van der Waals surface area contributed by atoms with Gasteiger partial charge in [-0.15, -0.1) is 0 Å². The highest BCUT2D eigenvalue weighted by atomic mass is 15.2. The lowest BCUT2D eigenvalue weighted by Gasteiger charge is -2.49. The Morgan fingerprint density at radius 2 is 0.724 bits per heavy atom. The van der Waals surface area contributed by atoms with Gasteiger partial charge in [0, 0.05) is 45.5 Å². The van der Waals surface area contributed by atoms with Crippen molar-refractivity contribution in [2.75, 3.05) is 14.7 Å². The molecule has 0 radical (unpaired) electrons. The lowest BCUT2D eigenvalue weighted by molar-refractivity contribution is 0.332. The van der Waals surface area contributed by atoms with Gasteiger partial charge in [0.25, 0.3) is 6.71 Å². The first-order valence-corrected chi connectivity index (χ1v) is 29.2. The molecule has 2 aliphatic heterocycles. The highest BCUT2D eigenvalue weighted by Crippen LogP contribution is 2.56. The Hall–Kier alpha value is -6.00. The van der Waals surface area contributed by atoms with E-state index in [2.05, 4.69) is 245 Å². The minimum atomic E-state index is 0.0148. The van der Waals surface area contributed by atoms with Crippen LogP contribution in [0.15, 0.2) is 133 Å². The Kier molecular flexibility index (Phi) is 10.8. The number of nitrogens with zero attached hydrogens (tertiary/aromatic N) is 3. The molecule has 0 N–H and O–H groups in total. The van der Waals surface area contributed by atoms with Crippen molar-refractivity contribution in [2.45, 2.75) is 193 Å². The van der Waals surface area contributed by atoms with Crippen molar-refractivity contribution < 1.29 is 0 Å². The highest BCUT2D eigenvalue weighted by Gasteiger charge is 2.49. The average molecular weight is 1000 g/mol. The van der Waals surface area contributed by atoms with Crippen LogP contribution in [0.1, 0.15) is 193 Å². The van der Waals surface area contributed by atoms with Crippen LogP contribution in [-0.4, -0.2) is 6.71 Å². The normalized spacial score (nSPS) is 20.9. The molecule has 0 bridgehead atoms. The molecular weight excluding hydrogens is 918 g/mol. The van der Waals surface area contributed by atoms with Gasteiger partial charge in [-0.05, 0) is 229 Å². The van der Waals surface area contributed by atoms with Gasteiger partial charge in [-0.25, -0.2) is 0 Å². The molecule has 6 aliphatic rings. The number of benzene rings is 7. The summed E-state index contributed by atoms with van der Waals surface area (Å²) >= 11 is 0. The monoisotopic (exact) mass is 1000 g/mol. The predicted octanol–water partition coefficient (Wildman–Crippen LogP) is 17.9. The minimum absolute atomic E-state index is 0.0148. The fourth-order valence-corrected chi connectivity index (χ4v) is 15.5. The summed E-state index contributed by atoms with van der Waals surface area (Å²) in [6, 6.07) is 53.5. The van der Waals surface area contributed by atoms with Crippen LogP contribution in [-0.2, 0) is 44.3 Å². The standard InChI is InChI=1S/C72H82BN3/c1-66(2)31-21-22-46-38-59-61(44-54(46)66)75(49-27-29-52-55(39-49)69(7,8)34-32-67(52,3)4)63-41-51(74(47-23-17-15-18-24-47)48-25-19-16-20-26-48)42-64-65(63)73(59)60-43-57-58(72(13,14)37-36-71(57,11)12)45-62(60)76(64)50-28-30-53-56(40-50)70(9,10)35-33-68(53,5)6/h15-20,23-30,38-45H,21-22,31-37H2,1-14H3. The number of aryl methyl sites for hydroxylation is 1. The zero-order chi connectivity index (χ0) is 53.3. The lowest BCUT2D eigenvalue weighted by Crippen LogP contribution is -2.62. The summed E-state index contributed by atoms with van der Waals surface area (Å²) < 4.78 is 0. The van der Waals surface area contributed by atoms with Crippen LogP contribution in [0.2, 0.25) is 0 Å². The van der Waals surface area contributed by atoms with E-state index in [9.17, 15) is 0 Å². The van der Waals surface area contributed by atoms with E-state index < -0.39 is 0 Å². The summed E-state index contributed by atoms with van der Waals surface area (Å²) in [5, 5.41) is 0. The summed E-state index contributed by atoms with van der Waals surface area (Å²) in [6.45, 7) is 34.9. The molecule has 0 amide bonds. The van der Waals surface area contributed by atoms with Crippen molar-refractivity contribution in [3.05, 3.63) is 178 Å². The summed E-state index contributed by atoms with van der Waals surface area (Å²) in [6.07, 6.45) is 10.6. The number of para-hydroxylation sites is 2. The zero-order valence-electron chi connectivity index (χ0n) is 48.5. The third-order valence-corrected chi connectivity index (χ3v) is 20.7. The maximum atomic E-state index is 2.75. The van der Waals surface area contributed by atoms with Gasteiger partial charge < -0.3 is 14.7 Å². The van der Waals surface area contributed by atoms with Crippen molar-refractivity contribution in [3.8, 4) is 0 Å². The first kappa shape index (κ1) is 49.6. The third kappa shape index (κ3) is 7.48. The molecule has 3 nitrogen and oxygen atoms in total. The second-order valence-corrected chi connectivity index (χ2v) is 29.0. The molecule has 0 saturated carbocycles. The van der Waals surface area contributed by atoms with Crippen LogP contribution in [0, 0.1) is 0 Å². The van der Waals surface area contributed by atoms with Crippen LogP contribution < -0.4 is 31.1 Å². The molecule has 7 aromatic rings. The topological polar surface area (TPSA) is 9.72 Å². The summed E-state index contributed by atoms with van der Waals surface area (Å²) in [5.74, 6) is 0.